The molecule has 3 nitrogen and oxygen atoms in total. The molecule has 0 radical (unpaired) electrons. The lowest BCUT2D eigenvalue weighted by molar-refractivity contribution is -0.139. The largest absolute Gasteiger partial charge is 0.457 e. The van der Waals surface area contributed by atoms with Crippen molar-refractivity contribution in [1.29, 1.82) is 0 Å². The summed E-state index contributed by atoms with van der Waals surface area (Å²) in [5.41, 5.74) is 1.93. The van der Waals surface area contributed by atoms with E-state index in [1.807, 2.05) is 42.5 Å². The highest BCUT2D eigenvalue weighted by Gasteiger charge is 2.18. The van der Waals surface area contributed by atoms with Crippen LogP contribution >= 0.6 is 23.4 Å². The van der Waals surface area contributed by atoms with E-state index in [-0.39, 0.29) is 16.6 Å². The molecule has 7 heteroatoms. The Labute approximate surface area is 182 Å². The molecule has 0 unspecified atom stereocenters. The molecule has 0 saturated heterocycles. The van der Waals surface area contributed by atoms with Gasteiger partial charge in [0.15, 0.2) is 24.0 Å². The Morgan fingerprint density at radius 3 is 2.23 bits per heavy atom. The lowest BCUT2D eigenvalue weighted by Gasteiger charge is -2.17. The Kier molecular flexibility index (Phi) is 7.60. The van der Waals surface area contributed by atoms with Crippen LogP contribution in [0.1, 0.15) is 26.7 Å². The fraction of sp³-hybridized carbons (Fsp3) is 0.130. The molecule has 0 bridgehead atoms. The average Bonchev–Trinajstić information content (AvgIpc) is 2.76. The first kappa shape index (κ1) is 22.0. The number of ether oxygens (including phenoxy) is 1. The van der Waals surface area contributed by atoms with Gasteiger partial charge >= 0.3 is 5.97 Å². The van der Waals surface area contributed by atoms with E-state index < -0.39 is 30.0 Å². The zero-order valence-corrected chi connectivity index (χ0v) is 17.3. The minimum absolute atomic E-state index is 0.00719. The molecule has 3 aromatic carbocycles. The van der Waals surface area contributed by atoms with Crippen LogP contribution in [0.25, 0.3) is 0 Å². The van der Waals surface area contributed by atoms with Crippen LogP contribution in [0.2, 0.25) is 5.02 Å². The first-order valence-electron chi connectivity index (χ1n) is 9.00. The standard InChI is InChI=1S/C23H17ClF2O3S/c24-18-9-6-16(7-10-18)23(15-4-2-1-3-5-15)30-14-22(28)29-13-21(27)17-8-11-19(25)20(26)12-17/h1-12,23H,13-14H2/t23-/m0/s1. The summed E-state index contributed by atoms with van der Waals surface area (Å²) in [6, 6.07) is 19.8. The molecule has 0 aliphatic rings. The van der Waals surface area contributed by atoms with Gasteiger partial charge in [-0.05, 0) is 41.5 Å². The fourth-order valence-corrected chi connectivity index (χ4v) is 3.95. The van der Waals surface area contributed by atoms with E-state index >= 15 is 0 Å². The van der Waals surface area contributed by atoms with Crippen LogP contribution < -0.4 is 0 Å². The molecule has 0 heterocycles. The molecule has 154 valence electrons. The van der Waals surface area contributed by atoms with Crippen molar-refractivity contribution in [2.24, 2.45) is 0 Å². The number of hydrogen-bond acceptors (Lipinski definition) is 4. The number of Topliss-reactive ketones (excluding diaryl/α,β-unsaturated/α-hetero) is 1. The summed E-state index contributed by atoms with van der Waals surface area (Å²) in [4.78, 5) is 24.2. The summed E-state index contributed by atoms with van der Waals surface area (Å²) in [7, 11) is 0. The van der Waals surface area contributed by atoms with E-state index in [9.17, 15) is 18.4 Å². The van der Waals surface area contributed by atoms with Crippen LogP contribution in [0, 0.1) is 11.6 Å². The first-order chi connectivity index (χ1) is 14.4. The summed E-state index contributed by atoms with van der Waals surface area (Å²) in [5, 5.41) is 0.489. The molecule has 0 saturated carbocycles. The minimum Gasteiger partial charge on any atom is -0.457 e. The number of ketones is 1. The molecule has 0 spiro atoms. The van der Waals surface area contributed by atoms with Crippen molar-refractivity contribution in [1.82, 2.24) is 0 Å². The molecule has 3 rings (SSSR count). The lowest BCUT2D eigenvalue weighted by atomic mass is 10.0. The molecule has 0 N–H and O–H groups in total. The summed E-state index contributed by atoms with van der Waals surface area (Å²) in [6.45, 7) is -0.540. The summed E-state index contributed by atoms with van der Waals surface area (Å²) >= 11 is 7.33. The zero-order valence-electron chi connectivity index (χ0n) is 15.7. The Hall–Kier alpha value is -2.70. The van der Waals surface area contributed by atoms with Crippen molar-refractivity contribution < 1.29 is 23.1 Å². The second kappa shape index (κ2) is 10.4. The van der Waals surface area contributed by atoms with Gasteiger partial charge in [0.05, 0.1) is 11.0 Å². The van der Waals surface area contributed by atoms with Gasteiger partial charge in [0.25, 0.3) is 0 Å². The predicted octanol–water partition coefficient (Wildman–Crippen LogP) is 5.87. The van der Waals surface area contributed by atoms with E-state index in [0.717, 1.165) is 29.3 Å². The maximum absolute atomic E-state index is 13.2. The van der Waals surface area contributed by atoms with Crippen molar-refractivity contribution >= 4 is 35.1 Å². The van der Waals surface area contributed by atoms with Crippen molar-refractivity contribution in [3.63, 3.8) is 0 Å². The molecule has 0 amide bonds. The summed E-state index contributed by atoms with van der Waals surface area (Å²) < 4.78 is 31.2. The Morgan fingerprint density at radius 1 is 0.900 bits per heavy atom. The minimum atomic E-state index is -1.13. The molecular weight excluding hydrogens is 430 g/mol. The number of esters is 1. The van der Waals surface area contributed by atoms with Gasteiger partial charge in [0.1, 0.15) is 0 Å². The normalized spacial score (nSPS) is 11.7. The second-order valence-electron chi connectivity index (χ2n) is 6.37. The predicted molar refractivity (Wildman–Crippen MR) is 114 cm³/mol. The van der Waals surface area contributed by atoms with E-state index in [4.69, 9.17) is 16.3 Å². The Bertz CT molecular complexity index is 1030. The monoisotopic (exact) mass is 446 g/mol. The van der Waals surface area contributed by atoms with Gasteiger partial charge in [-0.15, -0.1) is 11.8 Å². The topological polar surface area (TPSA) is 43.4 Å². The number of rotatable bonds is 8. The van der Waals surface area contributed by atoms with Crippen molar-refractivity contribution in [2.75, 3.05) is 12.4 Å². The molecule has 0 aliphatic heterocycles. The van der Waals surface area contributed by atoms with Crippen LogP contribution in [0.3, 0.4) is 0 Å². The molecular formula is C23H17ClF2O3S. The quantitative estimate of drug-likeness (QED) is 0.321. The van der Waals surface area contributed by atoms with E-state index in [1.165, 1.54) is 11.8 Å². The highest BCUT2D eigenvalue weighted by Crippen LogP contribution is 2.36. The molecule has 3 aromatic rings. The number of carbonyl (C=O) groups excluding carboxylic acids is 2. The highest BCUT2D eigenvalue weighted by atomic mass is 35.5. The Balaban J connectivity index is 1.61. The smallest absolute Gasteiger partial charge is 0.316 e. The van der Waals surface area contributed by atoms with Gasteiger partial charge in [-0.2, -0.15) is 0 Å². The van der Waals surface area contributed by atoms with Crippen molar-refractivity contribution in [3.8, 4) is 0 Å². The SMILES string of the molecule is O=C(CS[C@@H](c1ccccc1)c1ccc(Cl)cc1)OCC(=O)c1ccc(F)c(F)c1. The fourth-order valence-electron chi connectivity index (χ4n) is 2.74. The van der Waals surface area contributed by atoms with Crippen LogP contribution in [-0.4, -0.2) is 24.1 Å². The van der Waals surface area contributed by atoms with Gasteiger partial charge in [0.2, 0.25) is 0 Å². The third kappa shape index (κ3) is 5.90. The Morgan fingerprint density at radius 2 is 1.57 bits per heavy atom. The molecule has 0 fully saturated rings. The lowest BCUT2D eigenvalue weighted by Crippen LogP contribution is -2.16. The van der Waals surface area contributed by atoms with Gasteiger partial charge < -0.3 is 4.74 Å². The summed E-state index contributed by atoms with van der Waals surface area (Å²) in [5.74, 6) is -3.35. The van der Waals surface area contributed by atoms with Crippen LogP contribution in [0.5, 0.6) is 0 Å². The number of thioether (sulfide) groups is 1. The van der Waals surface area contributed by atoms with Crippen molar-refractivity contribution in [3.05, 3.63) is 106 Å². The van der Waals surface area contributed by atoms with Crippen molar-refractivity contribution in [2.45, 2.75) is 5.25 Å². The third-order valence-electron chi connectivity index (χ3n) is 4.25. The van der Waals surface area contributed by atoms with E-state index in [1.54, 1.807) is 12.1 Å². The summed E-state index contributed by atoms with van der Waals surface area (Å²) in [6.07, 6.45) is 0. The number of halogens is 3. The molecule has 1 atom stereocenters. The van der Waals surface area contributed by atoms with Crippen LogP contribution in [-0.2, 0) is 9.53 Å². The van der Waals surface area contributed by atoms with E-state index in [2.05, 4.69) is 0 Å². The average molecular weight is 447 g/mol. The van der Waals surface area contributed by atoms with E-state index in [0.29, 0.717) is 5.02 Å². The maximum atomic E-state index is 13.2. The van der Waals surface area contributed by atoms with Crippen LogP contribution in [0.15, 0.2) is 72.8 Å². The number of carbonyl (C=O) groups is 2. The van der Waals surface area contributed by atoms with Gasteiger partial charge in [0, 0.05) is 10.6 Å². The number of hydrogen-bond donors (Lipinski definition) is 0. The highest BCUT2D eigenvalue weighted by molar-refractivity contribution is 8.00. The first-order valence-corrected chi connectivity index (χ1v) is 10.4. The third-order valence-corrected chi connectivity index (χ3v) is 5.78. The number of benzene rings is 3. The molecule has 0 aliphatic carbocycles. The van der Waals surface area contributed by atoms with Crippen LogP contribution in [0.4, 0.5) is 8.78 Å². The second-order valence-corrected chi connectivity index (χ2v) is 7.90. The zero-order chi connectivity index (χ0) is 21.5. The van der Waals surface area contributed by atoms with Gasteiger partial charge in [-0.25, -0.2) is 8.78 Å². The maximum Gasteiger partial charge on any atom is 0.316 e. The van der Waals surface area contributed by atoms with Gasteiger partial charge in [-0.3, -0.25) is 9.59 Å². The molecule has 30 heavy (non-hydrogen) atoms. The van der Waals surface area contributed by atoms with Gasteiger partial charge in [-0.1, -0.05) is 54.1 Å². The molecule has 0 aromatic heterocycles.